The van der Waals surface area contributed by atoms with Gasteiger partial charge in [-0.3, -0.25) is 0 Å². The van der Waals surface area contributed by atoms with Gasteiger partial charge in [0.15, 0.2) is 23.8 Å². The van der Waals surface area contributed by atoms with E-state index in [0.29, 0.717) is 17.0 Å². The molecule has 3 heterocycles. The van der Waals surface area contributed by atoms with Crippen LogP contribution in [0.5, 0.6) is 11.5 Å². The van der Waals surface area contributed by atoms with E-state index in [9.17, 15) is 22.0 Å². The molecular formula is C22H18F5N3O4. The van der Waals surface area contributed by atoms with Gasteiger partial charge in [0.2, 0.25) is 0 Å². The molecule has 0 saturated carbocycles. The first-order valence-corrected chi connectivity index (χ1v) is 10.2. The molecule has 34 heavy (non-hydrogen) atoms. The standard InChI is InChI=1S/C22H18F5N3O4/c1-31-16-5-11-15(6-17(16)34-18-8-33-19-13(24)7-32-20(18)19)28-9-29-21(11)30-14-3-2-10(23)4-12(14)22(25,26)27/h2-6,9,13,18-20H,7-8H2,1H3,(H,28,29,30)/t13-,18?,19+,20+/m1/s1. The van der Waals surface area contributed by atoms with E-state index in [0.717, 1.165) is 12.1 Å². The Hall–Kier alpha value is -3.25. The monoisotopic (exact) mass is 483 g/mol. The van der Waals surface area contributed by atoms with Gasteiger partial charge in [-0.05, 0) is 24.3 Å². The third-order valence-electron chi connectivity index (χ3n) is 5.69. The maximum atomic E-state index is 13.8. The Kier molecular flexibility index (Phi) is 5.64. The molecule has 1 aromatic heterocycles. The van der Waals surface area contributed by atoms with Gasteiger partial charge in [0.1, 0.15) is 30.2 Å². The Labute approximate surface area is 189 Å². The summed E-state index contributed by atoms with van der Waals surface area (Å²) in [6, 6.07) is 5.34. The summed E-state index contributed by atoms with van der Waals surface area (Å²) in [7, 11) is 1.39. The van der Waals surface area contributed by atoms with E-state index < -0.39 is 42.0 Å². The summed E-state index contributed by atoms with van der Waals surface area (Å²) in [4.78, 5) is 8.21. The highest BCUT2D eigenvalue weighted by Crippen LogP contribution is 2.40. The smallest absolute Gasteiger partial charge is 0.418 e. The van der Waals surface area contributed by atoms with Crippen LogP contribution >= 0.6 is 0 Å². The highest BCUT2D eigenvalue weighted by Gasteiger charge is 2.49. The lowest BCUT2D eigenvalue weighted by Gasteiger charge is -2.20. The van der Waals surface area contributed by atoms with Crippen molar-refractivity contribution in [2.24, 2.45) is 0 Å². The molecule has 7 nitrogen and oxygen atoms in total. The Bertz CT molecular complexity index is 1230. The van der Waals surface area contributed by atoms with Crippen LogP contribution in [0, 0.1) is 5.82 Å². The fraction of sp³-hybridized carbons (Fsp3) is 0.364. The zero-order chi connectivity index (χ0) is 24.0. The second-order valence-electron chi connectivity index (χ2n) is 7.82. The Balaban J connectivity index is 1.48. The van der Waals surface area contributed by atoms with Gasteiger partial charge in [-0.1, -0.05) is 0 Å². The second-order valence-corrected chi connectivity index (χ2v) is 7.82. The summed E-state index contributed by atoms with van der Waals surface area (Å²) in [5.74, 6) is -0.440. The van der Waals surface area contributed by atoms with Gasteiger partial charge in [-0.25, -0.2) is 18.7 Å². The molecule has 5 rings (SSSR count). The minimum Gasteiger partial charge on any atom is -0.493 e. The van der Waals surface area contributed by atoms with E-state index >= 15 is 0 Å². The quantitative estimate of drug-likeness (QED) is 0.539. The molecule has 180 valence electrons. The number of nitrogens with one attached hydrogen (secondary N) is 1. The van der Waals surface area contributed by atoms with Crippen molar-refractivity contribution in [3.8, 4) is 11.5 Å². The first-order chi connectivity index (χ1) is 16.2. The molecule has 3 aromatic rings. The number of fused-ring (bicyclic) bond motifs is 2. The van der Waals surface area contributed by atoms with Gasteiger partial charge in [0.05, 0.1) is 37.1 Å². The maximum Gasteiger partial charge on any atom is 0.418 e. The number of hydrogen-bond donors (Lipinski definition) is 1. The molecule has 2 aliphatic rings. The van der Waals surface area contributed by atoms with Crippen molar-refractivity contribution in [3.63, 3.8) is 0 Å². The predicted octanol–water partition coefficient (Wildman–Crippen LogP) is 4.42. The minimum absolute atomic E-state index is 0.0515. The van der Waals surface area contributed by atoms with E-state index in [1.807, 2.05) is 0 Å². The lowest BCUT2D eigenvalue weighted by molar-refractivity contribution is -0.137. The van der Waals surface area contributed by atoms with E-state index in [2.05, 4.69) is 15.3 Å². The van der Waals surface area contributed by atoms with Crippen LogP contribution < -0.4 is 14.8 Å². The fourth-order valence-electron chi connectivity index (χ4n) is 4.08. The van der Waals surface area contributed by atoms with Crippen LogP contribution in [0.15, 0.2) is 36.7 Å². The number of nitrogens with zero attached hydrogens (tertiary/aromatic N) is 2. The number of ether oxygens (including phenoxy) is 4. The van der Waals surface area contributed by atoms with Crippen LogP contribution in [0.25, 0.3) is 10.9 Å². The number of hydrogen-bond acceptors (Lipinski definition) is 7. The zero-order valence-corrected chi connectivity index (χ0v) is 17.6. The first-order valence-electron chi connectivity index (χ1n) is 10.2. The number of methoxy groups -OCH3 is 1. The summed E-state index contributed by atoms with van der Waals surface area (Å²) in [6.45, 7) is 0.0495. The number of halogens is 5. The lowest BCUT2D eigenvalue weighted by atomic mass is 10.1. The topological polar surface area (TPSA) is 74.7 Å². The van der Waals surface area contributed by atoms with Crippen LogP contribution in [-0.2, 0) is 15.7 Å². The van der Waals surface area contributed by atoms with Gasteiger partial charge < -0.3 is 24.3 Å². The van der Waals surface area contributed by atoms with Gasteiger partial charge in [0.25, 0.3) is 0 Å². The van der Waals surface area contributed by atoms with Gasteiger partial charge in [-0.15, -0.1) is 0 Å². The van der Waals surface area contributed by atoms with Crippen molar-refractivity contribution in [2.45, 2.75) is 30.7 Å². The maximum absolute atomic E-state index is 13.8. The highest BCUT2D eigenvalue weighted by atomic mass is 19.4. The molecule has 2 aliphatic heterocycles. The molecule has 2 fully saturated rings. The van der Waals surface area contributed by atoms with Crippen LogP contribution in [0.2, 0.25) is 0 Å². The van der Waals surface area contributed by atoms with Crippen molar-refractivity contribution in [1.82, 2.24) is 9.97 Å². The third-order valence-corrected chi connectivity index (χ3v) is 5.69. The summed E-state index contributed by atoms with van der Waals surface area (Å²) >= 11 is 0. The number of alkyl halides is 4. The van der Waals surface area contributed by atoms with Crippen molar-refractivity contribution >= 4 is 22.4 Å². The van der Waals surface area contributed by atoms with Crippen molar-refractivity contribution < 1.29 is 40.9 Å². The summed E-state index contributed by atoms with van der Waals surface area (Å²) < 4.78 is 89.8. The van der Waals surface area contributed by atoms with Crippen molar-refractivity contribution in [3.05, 3.63) is 48.0 Å². The average molecular weight is 483 g/mol. The van der Waals surface area contributed by atoms with Crippen LogP contribution in [0.4, 0.5) is 33.5 Å². The summed E-state index contributed by atoms with van der Waals surface area (Å²) in [6.07, 6.45) is -6.70. The molecule has 0 spiro atoms. The van der Waals surface area contributed by atoms with Gasteiger partial charge in [-0.2, -0.15) is 13.2 Å². The van der Waals surface area contributed by atoms with Crippen LogP contribution in [-0.4, -0.2) is 54.8 Å². The molecule has 12 heteroatoms. The molecule has 1 N–H and O–H groups in total. The van der Waals surface area contributed by atoms with Crippen molar-refractivity contribution in [2.75, 3.05) is 25.6 Å². The molecule has 4 atom stereocenters. The van der Waals surface area contributed by atoms with Gasteiger partial charge >= 0.3 is 6.18 Å². The summed E-state index contributed by atoms with van der Waals surface area (Å²) in [5, 5.41) is 2.95. The normalized spacial score (nSPS) is 24.3. The van der Waals surface area contributed by atoms with E-state index in [1.54, 1.807) is 0 Å². The summed E-state index contributed by atoms with van der Waals surface area (Å²) in [5.41, 5.74) is -1.21. The molecule has 0 radical (unpaired) electrons. The first kappa shape index (κ1) is 22.5. The third kappa shape index (κ3) is 4.07. The minimum atomic E-state index is -4.78. The van der Waals surface area contributed by atoms with E-state index in [-0.39, 0.29) is 36.2 Å². The van der Waals surface area contributed by atoms with Crippen LogP contribution in [0.3, 0.4) is 0 Å². The molecule has 0 bridgehead atoms. The zero-order valence-electron chi connectivity index (χ0n) is 17.6. The average Bonchev–Trinajstić information content (AvgIpc) is 3.37. The van der Waals surface area contributed by atoms with Gasteiger partial charge in [0, 0.05) is 11.5 Å². The Morgan fingerprint density at radius 3 is 2.59 bits per heavy atom. The number of anilines is 2. The van der Waals surface area contributed by atoms with Crippen LogP contribution in [0.1, 0.15) is 5.56 Å². The fourth-order valence-corrected chi connectivity index (χ4v) is 4.08. The van der Waals surface area contributed by atoms with E-state index in [1.165, 1.54) is 25.6 Å². The SMILES string of the molecule is COc1cc2c(Nc3ccc(F)cc3C(F)(F)F)ncnc2cc1OC1CO[C@H]2[C@H](F)CO[C@@H]12. The molecule has 1 unspecified atom stereocenters. The molecule has 0 aliphatic carbocycles. The second kappa shape index (κ2) is 8.51. The molecule has 2 saturated heterocycles. The number of benzene rings is 2. The molecular weight excluding hydrogens is 465 g/mol. The Morgan fingerprint density at radius 1 is 1.03 bits per heavy atom. The molecule has 0 amide bonds. The largest absolute Gasteiger partial charge is 0.493 e. The predicted molar refractivity (Wildman–Crippen MR) is 110 cm³/mol. The van der Waals surface area contributed by atoms with E-state index in [4.69, 9.17) is 18.9 Å². The molecule has 2 aromatic carbocycles. The highest BCUT2D eigenvalue weighted by molar-refractivity contribution is 5.93. The lowest BCUT2D eigenvalue weighted by Crippen LogP contribution is -2.33. The number of rotatable bonds is 5. The van der Waals surface area contributed by atoms with Crippen molar-refractivity contribution in [1.29, 1.82) is 0 Å². The Morgan fingerprint density at radius 2 is 1.82 bits per heavy atom. The number of aromatic nitrogens is 2.